The van der Waals surface area contributed by atoms with Gasteiger partial charge in [0.1, 0.15) is 24.1 Å². The third-order valence-electron chi connectivity index (χ3n) is 4.88. The molecule has 1 aliphatic rings. The van der Waals surface area contributed by atoms with Gasteiger partial charge in [-0.25, -0.2) is 14.6 Å². The standard InChI is InChI=1S/C20H22N6O2/c1-14-18(5-3-11-22-14)28-16-9-7-15(8-10-16)24-20(27)17-4-2-6-19(25-17)26-13-21-12-23-26/h2-6,11-13,15-16H,7-10H2,1H3,(H,24,27). The number of carbonyl (C=O) groups excluding carboxylic acids is 1. The minimum absolute atomic E-state index is 0.124. The van der Waals surface area contributed by atoms with E-state index in [2.05, 4.69) is 25.4 Å². The van der Waals surface area contributed by atoms with E-state index < -0.39 is 0 Å². The van der Waals surface area contributed by atoms with Gasteiger partial charge in [0.05, 0.1) is 11.8 Å². The van der Waals surface area contributed by atoms with Gasteiger partial charge in [0.15, 0.2) is 5.82 Å². The van der Waals surface area contributed by atoms with Crippen LogP contribution in [0.5, 0.6) is 5.75 Å². The van der Waals surface area contributed by atoms with Crippen molar-refractivity contribution in [2.24, 2.45) is 0 Å². The molecule has 1 aliphatic carbocycles. The van der Waals surface area contributed by atoms with Crippen LogP contribution < -0.4 is 10.1 Å². The molecule has 0 aromatic carbocycles. The fourth-order valence-corrected chi connectivity index (χ4v) is 3.36. The number of aromatic nitrogens is 5. The third kappa shape index (κ3) is 4.16. The molecule has 3 aromatic rings. The zero-order chi connectivity index (χ0) is 19.3. The quantitative estimate of drug-likeness (QED) is 0.733. The van der Waals surface area contributed by atoms with Crippen molar-refractivity contribution in [2.75, 3.05) is 0 Å². The topological polar surface area (TPSA) is 94.8 Å². The maximum Gasteiger partial charge on any atom is 0.270 e. The number of hydrogen-bond acceptors (Lipinski definition) is 6. The molecule has 28 heavy (non-hydrogen) atoms. The Morgan fingerprint density at radius 1 is 1.18 bits per heavy atom. The Balaban J connectivity index is 1.32. The lowest BCUT2D eigenvalue weighted by atomic mass is 9.92. The van der Waals surface area contributed by atoms with Crippen molar-refractivity contribution in [1.82, 2.24) is 30.0 Å². The molecule has 1 amide bonds. The number of amides is 1. The summed E-state index contributed by atoms with van der Waals surface area (Å²) in [7, 11) is 0. The molecule has 0 atom stereocenters. The Hall–Kier alpha value is -3.29. The molecule has 0 spiro atoms. The lowest BCUT2D eigenvalue weighted by Crippen LogP contribution is -2.40. The van der Waals surface area contributed by atoms with Gasteiger partial charge in [0.2, 0.25) is 0 Å². The van der Waals surface area contributed by atoms with Gasteiger partial charge < -0.3 is 10.1 Å². The minimum Gasteiger partial charge on any atom is -0.489 e. The molecular weight excluding hydrogens is 356 g/mol. The highest BCUT2D eigenvalue weighted by Gasteiger charge is 2.24. The fraction of sp³-hybridized carbons (Fsp3) is 0.350. The van der Waals surface area contributed by atoms with Crippen molar-refractivity contribution < 1.29 is 9.53 Å². The lowest BCUT2D eigenvalue weighted by Gasteiger charge is -2.29. The largest absolute Gasteiger partial charge is 0.489 e. The zero-order valence-electron chi connectivity index (χ0n) is 15.7. The summed E-state index contributed by atoms with van der Waals surface area (Å²) < 4.78 is 7.61. The second-order valence-electron chi connectivity index (χ2n) is 6.87. The van der Waals surface area contributed by atoms with Crippen molar-refractivity contribution in [2.45, 2.75) is 44.8 Å². The van der Waals surface area contributed by atoms with Crippen LogP contribution >= 0.6 is 0 Å². The second kappa shape index (κ2) is 8.16. The van der Waals surface area contributed by atoms with Crippen LogP contribution in [0.3, 0.4) is 0 Å². The lowest BCUT2D eigenvalue weighted by molar-refractivity contribution is 0.0888. The summed E-state index contributed by atoms with van der Waals surface area (Å²) in [4.78, 5) is 25.1. The van der Waals surface area contributed by atoms with E-state index in [1.54, 1.807) is 30.7 Å². The van der Waals surface area contributed by atoms with E-state index in [-0.39, 0.29) is 18.1 Å². The normalized spacial score (nSPS) is 19.2. The number of aryl methyl sites for hydroxylation is 1. The first kappa shape index (κ1) is 18.1. The molecule has 0 radical (unpaired) electrons. The average molecular weight is 378 g/mol. The van der Waals surface area contributed by atoms with Gasteiger partial charge in [-0.3, -0.25) is 9.78 Å². The van der Waals surface area contributed by atoms with E-state index in [0.29, 0.717) is 11.5 Å². The Labute approximate surface area is 163 Å². The van der Waals surface area contributed by atoms with Crippen LogP contribution in [-0.4, -0.2) is 42.8 Å². The Morgan fingerprint density at radius 3 is 2.79 bits per heavy atom. The molecule has 3 heterocycles. The summed E-state index contributed by atoms with van der Waals surface area (Å²) in [5, 5.41) is 7.13. The van der Waals surface area contributed by atoms with Gasteiger partial charge >= 0.3 is 0 Å². The third-order valence-corrected chi connectivity index (χ3v) is 4.88. The average Bonchev–Trinajstić information content (AvgIpc) is 3.26. The van der Waals surface area contributed by atoms with Gasteiger partial charge in [0.25, 0.3) is 5.91 Å². The van der Waals surface area contributed by atoms with Crippen molar-refractivity contribution >= 4 is 5.91 Å². The van der Waals surface area contributed by atoms with Crippen molar-refractivity contribution in [3.05, 3.63) is 60.6 Å². The zero-order valence-corrected chi connectivity index (χ0v) is 15.7. The fourth-order valence-electron chi connectivity index (χ4n) is 3.36. The number of nitrogens with one attached hydrogen (secondary N) is 1. The van der Waals surface area contributed by atoms with E-state index in [0.717, 1.165) is 37.1 Å². The molecule has 1 N–H and O–H groups in total. The van der Waals surface area contributed by atoms with E-state index in [1.807, 2.05) is 19.1 Å². The number of nitrogens with zero attached hydrogens (tertiary/aromatic N) is 5. The molecule has 1 fully saturated rings. The van der Waals surface area contributed by atoms with Crippen LogP contribution in [0, 0.1) is 6.92 Å². The van der Waals surface area contributed by atoms with Crippen LogP contribution in [-0.2, 0) is 0 Å². The van der Waals surface area contributed by atoms with E-state index in [4.69, 9.17) is 4.74 Å². The van der Waals surface area contributed by atoms with Crippen molar-refractivity contribution in [3.8, 4) is 11.6 Å². The molecule has 144 valence electrons. The number of pyridine rings is 2. The minimum atomic E-state index is -0.172. The molecule has 0 aliphatic heterocycles. The molecule has 3 aromatic heterocycles. The van der Waals surface area contributed by atoms with Crippen LogP contribution in [0.1, 0.15) is 41.9 Å². The maximum atomic E-state index is 12.6. The van der Waals surface area contributed by atoms with Crippen LogP contribution in [0.25, 0.3) is 5.82 Å². The summed E-state index contributed by atoms with van der Waals surface area (Å²) in [6.45, 7) is 1.95. The predicted molar refractivity (Wildman–Crippen MR) is 102 cm³/mol. The van der Waals surface area contributed by atoms with Crippen LogP contribution in [0.4, 0.5) is 0 Å². The monoisotopic (exact) mass is 378 g/mol. The van der Waals surface area contributed by atoms with Crippen molar-refractivity contribution in [1.29, 1.82) is 0 Å². The summed E-state index contributed by atoms with van der Waals surface area (Å²) >= 11 is 0. The van der Waals surface area contributed by atoms with Gasteiger partial charge in [-0.05, 0) is 56.9 Å². The highest BCUT2D eigenvalue weighted by atomic mass is 16.5. The Morgan fingerprint density at radius 2 is 2.04 bits per heavy atom. The van der Waals surface area contributed by atoms with Crippen LogP contribution in [0.2, 0.25) is 0 Å². The predicted octanol–water partition coefficient (Wildman–Crippen LogP) is 2.49. The highest BCUT2D eigenvalue weighted by molar-refractivity contribution is 5.92. The van der Waals surface area contributed by atoms with Crippen molar-refractivity contribution in [3.63, 3.8) is 0 Å². The SMILES string of the molecule is Cc1ncccc1OC1CCC(NC(=O)c2cccc(-n3cncn3)n2)CC1. The first-order valence-corrected chi connectivity index (χ1v) is 9.40. The van der Waals surface area contributed by atoms with Crippen LogP contribution in [0.15, 0.2) is 49.2 Å². The van der Waals surface area contributed by atoms with E-state index in [9.17, 15) is 4.79 Å². The van der Waals surface area contributed by atoms with Gasteiger partial charge in [-0.2, -0.15) is 5.10 Å². The van der Waals surface area contributed by atoms with Gasteiger partial charge in [-0.15, -0.1) is 0 Å². The first-order chi connectivity index (χ1) is 13.7. The Bertz CT molecular complexity index is 935. The number of ether oxygens (including phenoxy) is 1. The Kier molecular flexibility index (Phi) is 5.27. The molecule has 0 bridgehead atoms. The molecule has 8 heteroatoms. The molecular formula is C20H22N6O2. The number of hydrogen-bond donors (Lipinski definition) is 1. The number of carbonyl (C=O) groups is 1. The maximum absolute atomic E-state index is 12.6. The van der Waals surface area contributed by atoms with Gasteiger partial charge in [-0.1, -0.05) is 6.07 Å². The smallest absolute Gasteiger partial charge is 0.270 e. The molecule has 8 nitrogen and oxygen atoms in total. The molecule has 0 unspecified atom stereocenters. The summed E-state index contributed by atoms with van der Waals surface area (Å²) in [6, 6.07) is 9.24. The second-order valence-corrected chi connectivity index (χ2v) is 6.87. The van der Waals surface area contributed by atoms with E-state index >= 15 is 0 Å². The summed E-state index contributed by atoms with van der Waals surface area (Å²) in [5.41, 5.74) is 1.27. The highest BCUT2D eigenvalue weighted by Crippen LogP contribution is 2.25. The van der Waals surface area contributed by atoms with E-state index in [1.165, 1.54) is 11.0 Å². The number of rotatable bonds is 5. The molecule has 1 saturated carbocycles. The summed E-state index contributed by atoms with van der Waals surface area (Å²) in [5.74, 6) is 1.23. The molecule has 4 rings (SSSR count). The first-order valence-electron chi connectivity index (χ1n) is 9.40. The molecule has 0 saturated heterocycles. The van der Waals surface area contributed by atoms with Gasteiger partial charge in [0, 0.05) is 12.2 Å². The summed E-state index contributed by atoms with van der Waals surface area (Å²) in [6.07, 6.45) is 8.44.